The first-order valence-corrected chi connectivity index (χ1v) is 7.45. The van der Waals surface area contributed by atoms with Gasteiger partial charge in [0.1, 0.15) is 36.8 Å². The number of nitriles is 1. The van der Waals surface area contributed by atoms with Crippen molar-refractivity contribution < 1.29 is 24.5 Å². The lowest BCUT2D eigenvalue weighted by Crippen LogP contribution is -2.34. The monoisotopic (exact) mass is 334 g/mol. The van der Waals surface area contributed by atoms with E-state index in [1.807, 2.05) is 11.9 Å². The van der Waals surface area contributed by atoms with Gasteiger partial charge in [0.2, 0.25) is 0 Å². The summed E-state index contributed by atoms with van der Waals surface area (Å²) in [5.74, 6) is 0.00974. The predicted octanol–water partition coefficient (Wildman–Crippen LogP) is -0.353. The van der Waals surface area contributed by atoms with E-state index in [-0.39, 0.29) is 6.61 Å². The van der Waals surface area contributed by atoms with E-state index in [0.717, 1.165) is 5.56 Å². The molecule has 9 nitrogen and oxygen atoms in total. The van der Waals surface area contributed by atoms with Crippen LogP contribution in [0.4, 0.5) is 5.82 Å². The van der Waals surface area contributed by atoms with Crippen LogP contribution in [-0.2, 0) is 20.8 Å². The molecule has 1 saturated heterocycles. The molecular formula is C15H18N4O5. The van der Waals surface area contributed by atoms with Gasteiger partial charge in [-0.1, -0.05) is 0 Å². The zero-order valence-corrected chi connectivity index (χ0v) is 13.3. The Morgan fingerprint density at radius 2 is 2.29 bits per heavy atom. The van der Waals surface area contributed by atoms with Crippen molar-refractivity contribution in [1.29, 1.82) is 5.26 Å². The van der Waals surface area contributed by atoms with Crippen LogP contribution in [-0.4, -0.2) is 64.0 Å². The largest absolute Gasteiger partial charge is 0.463 e. The molecule has 2 aliphatic heterocycles. The number of nitrogens with zero attached hydrogens (tertiary/aromatic N) is 4. The molecule has 3 rings (SSSR count). The quantitative estimate of drug-likeness (QED) is 0.725. The first-order chi connectivity index (χ1) is 11.4. The first kappa shape index (κ1) is 16.4. The average Bonchev–Trinajstić information content (AvgIpc) is 3.04. The molecule has 0 amide bonds. The highest BCUT2D eigenvalue weighted by atomic mass is 16.6. The summed E-state index contributed by atoms with van der Waals surface area (Å²) < 4.78 is 12.1. The van der Waals surface area contributed by atoms with E-state index in [4.69, 9.17) is 9.47 Å². The second kappa shape index (κ2) is 6.24. The summed E-state index contributed by atoms with van der Waals surface area (Å²) in [7, 11) is 1.84. The molecule has 0 radical (unpaired) electrons. The molecule has 9 heteroatoms. The molecule has 1 fully saturated rings. The molecule has 3 heterocycles. The summed E-state index contributed by atoms with van der Waals surface area (Å²) in [6.45, 7) is 1.60. The fourth-order valence-corrected chi connectivity index (χ4v) is 2.88. The lowest BCUT2D eigenvalue weighted by Gasteiger charge is -2.22. The maximum absolute atomic E-state index is 10.9. The van der Waals surface area contributed by atoms with Gasteiger partial charge in [-0.2, -0.15) is 5.26 Å². The lowest BCUT2D eigenvalue weighted by atomic mass is 10.1. The molecule has 0 saturated carbocycles. The number of aliphatic imine (C=N–C) groups is 1. The van der Waals surface area contributed by atoms with Gasteiger partial charge in [-0.05, 0) is 0 Å². The maximum atomic E-state index is 10.9. The zero-order chi connectivity index (χ0) is 17.4. The van der Waals surface area contributed by atoms with Crippen LogP contribution in [0.1, 0.15) is 24.3 Å². The van der Waals surface area contributed by atoms with Crippen molar-refractivity contribution >= 4 is 18.1 Å². The molecule has 2 aliphatic rings. The molecule has 24 heavy (non-hydrogen) atoms. The van der Waals surface area contributed by atoms with Gasteiger partial charge in [-0.3, -0.25) is 4.79 Å². The number of ether oxygens (including phenoxy) is 2. The molecule has 0 unspecified atom stereocenters. The number of carbonyl (C=O) groups excluding carboxylic acids is 1. The number of aliphatic hydroxyl groups is 2. The van der Waals surface area contributed by atoms with Crippen LogP contribution in [0.2, 0.25) is 0 Å². The van der Waals surface area contributed by atoms with Crippen LogP contribution < -0.4 is 0 Å². The number of esters is 1. The molecule has 2 N–H and O–H groups in total. The third-order valence-corrected chi connectivity index (χ3v) is 4.08. The van der Waals surface area contributed by atoms with E-state index < -0.39 is 30.5 Å². The SMILES string of the molecule is CC(=O)OC[C@H]1O[C@@H](n2cc(C#N)c3c2N=CN(C)C3)[C@H](O)[C@@H]1O. The summed E-state index contributed by atoms with van der Waals surface area (Å²) >= 11 is 0. The van der Waals surface area contributed by atoms with E-state index in [1.54, 1.807) is 17.1 Å². The Balaban J connectivity index is 1.89. The number of aromatic nitrogens is 1. The van der Waals surface area contributed by atoms with Crippen molar-refractivity contribution in [3.8, 4) is 6.07 Å². The van der Waals surface area contributed by atoms with Crippen LogP contribution in [0.5, 0.6) is 0 Å². The number of fused-ring (bicyclic) bond motifs is 1. The number of rotatable bonds is 3. The van der Waals surface area contributed by atoms with E-state index in [2.05, 4.69) is 11.1 Å². The Hall–Kier alpha value is -2.41. The number of aliphatic hydroxyl groups excluding tert-OH is 2. The predicted molar refractivity (Wildman–Crippen MR) is 81.3 cm³/mol. The zero-order valence-electron chi connectivity index (χ0n) is 13.3. The summed E-state index contributed by atoms with van der Waals surface area (Å²) in [5.41, 5.74) is 1.17. The highest BCUT2D eigenvalue weighted by Gasteiger charge is 2.45. The third-order valence-electron chi connectivity index (χ3n) is 4.08. The first-order valence-electron chi connectivity index (χ1n) is 7.45. The second-order valence-electron chi connectivity index (χ2n) is 5.87. The van der Waals surface area contributed by atoms with Gasteiger partial charge >= 0.3 is 5.97 Å². The topological polar surface area (TPSA) is 120 Å². The fourth-order valence-electron chi connectivity index (χ4n) is 2.88. The Morgan fingerprint density at radius 3 is 2.96 bits per heavy atom. The van der Waals surface area contributed by atoms with E-state index in [9.17, 15) is 20.3 Å². The van der Waals surface area contributed by atoms with E-state index in [1.165, 1.54) is 6.92 Å². The molecule has 0 aliphatic carbocycles. The minimum Gasteiger partial charge on any atom is -0.463 e. The molecule has 128 valence electrons. The van der Waals surface area contributed by atoms with Gasteiger partial charge in [-0.25, -0.2) is 4.99 Å². The highest BCUT2D eigenvalue weighted by molar-refractivity contribution is 5.67. The van der Waals surface area contributed by atoms with Crippen LogP contribution >= 0.6 is 0 Å². The van der Waals surface area contributed by atoms with Gasteiger partial charge in [0, 0.05) is 32.3 Å². The van der Waals surface area contributed by atoms with Crippen molar-refractivity contribution in [1.82, 2.24) is 9.47 Å². The normalized spacial score (nSPS) is 28.5. The molecule has 4 atom stereocenters. The number of hydrogen-bond acceptors (Lipinski definition) is 8. The van der Waals surface area contributed by atoms with Crippen molar-refractivity contribution in [2.24, 2.45) is 4.99 Å². The smallest absolute Gasteiger partial charge is 0.302 e. The Morgan fingerprint density at radius 1 is 1.54 bits per heavy atom. The third kappa shape index (κ3) is 2.75. The molecule has 0 spiro atoms. The van der Waals surface area contributed by atoms with Gasteiger partial charge in [0.05, 0.1) is 11.9 Å². The highest BCUT2D eigenvalue weighted by Crippen LogP contribution is 2.37. The molecule has 1 aromatic rings. The van der Waals surface area contributed by atoms with Crippen molar-refractivity contribution in [3.63, 3.8) is 0 Å². The van der Waals surface area contributed by atoms with Crippen LogP contribution in [0.15, 0.2) is 11.2 Å². The molecule has 0 bridgehead atoms. The molecule has 0 aromatic carbocycles. The van der Waals surface area contributed by atoms with Crippen LogP contribution in [0.25, 0.3) is 0 Å². The van der Waals surface area contributed by atoms with E-state index >= 15 is 0 Å². The van der Waals surface area contributed by atoms with Crippen LogP contribution in [0.3, 0.4) is 0 Å². The number of carbonyl (C=O) groups is 1. The summed E-state index contributed by atoms with van der Waals surface area (Å²) in [4.78, 5) is 17.0. The van der Waals surface area contributed by atoms with Crippen molar-refractivity contribution in [3.05, 3.63) is 17.3 Å². The van der Waals surface area contributed by atoms with Crippen molar-refractivity contribution in [2.45, 2.75) is 38.0 Å². The molecule has 1 aromatic heterocycles. The minimum absolute atomic E-state index is 0.162. The van der Waals surface area contributed by atoms with Gasteiger partial charge < -0.3 is 29.2 Å². The number of hydrogen-bond donors (Lipinski definition) is 2. The Kier molecular flexibility index (Phi) is 4.28. The van der Waals surface area contributed by atoms with Crippen molar-refractivity contribution in [2.75, 3.05) is 13.7 Å². The average molecular weight is 334 g/mol. The van der Waals surface area contributed by atoms with E-state index in [0.29, 0.717) is 17.9 Å². The van der Waals surface area contributed by atoms with Gasteiger partial charge in [-0.15, -0.1) is 0 Å². The molecular weight excluding hydrogens is 316 g/mol. The lowest BCUT2D eigenvalue weighted by molar-refractivity contribution is -0.147. The fraction of sp³-hybridized carbons (Fsp3) is 0.533. The second-order valence-corrected chi connectivity index (χ2v) is 5.87. The summed E-state index contributed by atoms with van der Waals surface area (Å²) in [6.07, 6.45) is -1.05. The Labute approximate surface area is 138 Å². The standard InChI is InChI=1S/C15H18N4O5/c1-8(20)23-6-11-12(21)13(22)15(24-11)19-4-9(3-16)10-5-18(2)7-17-14(10)19/h4,7,11-13,15,21-22H,5-6H2,1-2H3/t11-,12-,13-,15-/m1/s1. The minimum atomic E-state index is -1.23. The summed E-state index contributed by atoms with van der Waals surface area (Å²) in [6, 6.07) is 2.11. The maximum Gasteiger partial charge on any atom is 0.302 e. The van der Waals surface area contributed by atoms with Crippen LogP contribution in [0, 0.1) is 11.3 Å². The Bertz CT molecular complexity index is 722. The van der Waals surface area contributed by atoms with Gasteiger partial charge in [0.25, 0.3) is 0 Å². The van der Waals surface area contributed by atoms with Gasteiger partial charge in [0.15, 0.2) is 6.23 Å². The summed E-state index contributed by atoms with van der Waals surface area (Å²) in [5, 5.41) is 29.7.